The highest BCUT2D eigenvalue weighted by atomic mass is 35.5. The zero-order valence-electron chi connectivity index (χ0n) is 17.6. The van der Waals surface area contributed by atoms with Crippen LogP contribution in [0.2, 0.25) is 5.02 Å². The molecule has 3 aromatic heterocycles. The van der Waals surface area contributed by atoms with E-state index in [-0.39, 0.29) is 6.10 Å². The minimum atomic E-state index is -0.444. The van der Waals surface area contributed by atoms with Crippen molar-refractivity contribution in [2.24, 2.45) is 0 Å². The van der Waals surface area contributed by atoms with Gasteiger partial charge in [-0.3, -0.25) is 0 Å². The van der Waals surface area contributed by atoms with Gasteiger partial charge in [-0.25, -0.2) is 24.3 Å². The van der Waals surface area contributed by atoms with E-state index < -0.39 is 5.82 Å². The Labute approximate surface area is 189 Å². The quantitative estimate of drug-likeness (QED) is 0.455. The lowest BCUT2D eigenvalue weighted by atomic mass is 10.1. The SMILES string of the molecule is Cc1ccc2c(-c3ccc(Cl)cc3F)nc(N3CCO[C@H](c4cnc(C)nc4)C3)nc2n1. The second kappa shape index (κ2) is 8.37. The lowest BCUT2D eigenvalue weighted by molar-refractivity contribution is 0.0388. The number of rotatable bonds is 3. The molecule has 5 rings (SSSR count). The first-order valence-corrected chi connectivity index (χ1v) is 10.6. The summed E-state index contributed by atoms with van der Waals surface area (Å²) < 4.78 is 20.8. The van der Waals surface area contributed by atoms with Crippen molar-refractivity contribution in [2.75, 3.05) is 24.6 Å². The molecule has 1 fully saturated rings. The summed E-state index contributed by atoms with van der Waals surface area (Å²) >= 11 is 5.96. The second-order valence-corrected chi connectivity index (χ2v) is 8.13. The number of pyridine rings is 1. The maximum absolute atomic E-state index is 14.8. The molecule has 1 aliphatic rings. The molecule has 4 heterocycles. The van der Waals surface area contributed by atoms with Crippen molar-refractivity contribution in [3.63, 3.8) is 0 Å². The molecule has 162 valence electrons. The monoisotopic (exact) mass is 450 g/mol. The third-order valence-corrected chi connectivity index (χ3v) is 5.63. The molecule has 0 radical (unpaired) electrons. The van der Waals surface area contributed by atoms with Crippen LogP contribution in [0.4, 0.5) is 10.3 Å². The molecule has 9 heteroatoms. The number of aryl methyl sites for hydroxylation is 2. The first-order chi connectivity index (χ1) is 15.5. The fraction of sp³-hybridized carbons (Fsp3) is 0.261. The molecule has 4 aromatic rings. The summed E-state index contributed by atoms with van der Waals surface area (Å²) in [6.45, 7) is 5.35. The minimum Gasteiger partial charge on any atom is -0.370 e. The van der Waals surface area contributed by atoms with Gasteiger partial charge in [0.05, 0.1) is 18.8 Å². The summed E-state index contributed by atoms with van der Waals surface area (Å²) in [6, 6.07) is 8.31. The number of nitrogens with zero attached hydrogens (tertiary/aromatic N) is 6. The highest BCUT2D eigenvalue weighted by Crippen LogP contribution is 2.32. The van der Waals surface area contributed by atoms with Crippen LogP contribution in [0.25, 0.3) is 22.3 Å². The molecule has 0 amide bonds. The van der Waals surface area contributed by atoms with Gasteiger partial charge in [-0.1, -0.05) is 11.6 Å². The fourth-order valence-electron chi connectivity index (χ4n) is 3.72. The van der Waals surface area contributed by atoms with Gasteiger partial charge >= 0.3 is 0 Å². The number of hydrogen-bond donors (Lipinski definition) is 0. The zero-order chi connectivity index (χ0) is 22.2. The van der Waals surface area contributed by atoms with Gasteiger partial charge in [0.1, 0.15) is 17.7 Å². The number of morpholine rings is 1. The Morgan fingerprint density at radius 3 is 2.66 bits per heavy atom. The standard InChI is InChI=1S/C23H20ClFN6O/c1-13-3-5-18-21(17-6-4-16(24)9-19(17)25)29-23(30-22(18)28-13)31-7-8-32-20(12-31)15-10-26-14(2)27-11-15/h3-6,9-11,20H,7-8,12H2,1-2H3/t20-/m0/s1. The molecule has 0 bridgehead atoms. The Morgan fingerprint density at radius 1 is 1.06 bits per heavy atom. The van der Waals surface area contributed by atoms with Crippen LogP contribution >= 0.6 is 11.6 Å². The van der Waals surface area contributed by atoms with Gasteiger partial charge in [-0.2, -0.15) is 4.98 Å². The van der Waals surface area contributed by atoms with Crippen molar-refractivity contribution in [1.29, 1.82) is 0 Å². The predicted molar refractivity (Wildman–Crippen MR) is 120 cm³/mol. The van der Waals surface area contributed by atoms with E-state index in [0.717, 1.165) is 11.3 Å². The van der Waals surface area contributed by atoms with E-state index in [1.54, 1.807) is 24.5 Å². The fourth-order valence-corrected chi connectivity index (χ4v) is 3.88. The number of ether oxygens (including phenoxy) is 1. The topological polar surface area (TPSA) is 76.9 Å². The van der Waals surface area contributed by atoms with E-state index in [0.29, 0.717) is 58.8 Å². The van der Waals surface area contributed by atoms with Gasteiger partial charge in [0.2, 0.25) is 5.95 Å². The average Bonchev–Trinajstić information content (AvgIpc) is 2.79. The number of fused-ring (bicyclic) bond motifs is 1. The maximum Gasteiger partial charge on any atom is 0.228 e. The van der Waals surface area contributed by atoms with E-state index >= 15 is 0 Å². The Morgan fingerprint density at radius 2 is 1.88 bits per heavy atom. The zero-order valence-corrected chi connectivity index (χ0v) is 18.3. The molecule has 1 aliphatic heterocycles. The van der Waals surface area contributed by atoms with E-state index in [2.05, 4.69) is 15.0 Å². The van der Waals surface area contributed by atoms with E-state index in [9.17, 15) is 4.39 Å². The van der Waals surface area contributed by atoms with Gasteiger partial charge in [-0.05, 0) is 44.2 Å². The third-order valence-electron chi connectivity index (χ3n) is 5.40. The summed E-state index contributed by atoms with van der Waals surface area (Å²) in [5, 5.41) is 1.01. The summed E-state index contributed by atoms with van der Waals surface area (Å²) in [5.74, 6) is 0.734. The van der Waals surface area contributed by atoms with E-state index in [1.165, 1.54) is 6.07 Å². The van der Waals surface area contributed by atoms with Crippen molar-refractivity contribution in [2.45, 2.75) is 20.0 Å². The van der Waals surface area contributed by atoms with Crippen molar-refractivity contribution in [3.05, 3.63) is 70.6 Å². The number of hydrogen-bond acceptors (Lipinski definition) is 7. The van der Waals surface area contributed by atoms with Crippen LogP contribution < -0.4 is 4.90 Å². The lowest BCUT2D eigenvalue weighted by Gasteiger charge is -2.33. The molecule has 0 unspecified atom stereocenters. The molecule has 1 atom stereocenters. The van der Waals surface area contributed by atoms with Crippen molar-refractivity contribution < 1.29 is 9.13 Å². The minimum absolute atomic E-state index is 0.218. The van der Waals surface area contributed by atoms with Crippen molar-refractivity contribution >= 4 is 28.6 Å². The molecule has 0 saturated carbocycles. The van der Waals surface area contributed by atoms with Crippen LogP contribution in [0.1, 0.15) is 23.2 Å². The van der Waals surface area contributed by atoms with Crippen LogP contribution in [0.5, 0.6) is 0 Å². The summed E-state index contributed by atoms with van der Waals surface area (Å²) in [5.41, 5.74) is 3.06. The number of halogens is 2. The highest BCUT2D eigenvalue weighted by Gasteiger charge is 2.26. The number of aromatic nitrogens is 5. The highest BCUT2D eigenvalue weighted by molar-refractivity contribution is 6.30. The molecule has 0 N–H and O–H groups in total. The molecule has 1 saturated heterocycles. The van der Waals surface area contributed by atoms with Gasteiger partial charge in [-0.15, -0.1) is 0 Å². The maximum atomic E-state index is 14.8. The average molecular weight is 451 g/mol. The first kappa shape index (κ1) is 20.7. The summed E-state index contributed by atoms with van der Waals surface area (Å²) in [6.07, 6.45) is 3.33. The Bertz CT molecular complexity index is 1300. The van der Waals surface area contributed by atoms with Crippen LogP contribution in [-0.4, -0.2) is 44.6 Å². The van der Waals surface area contributed by atoms with Gasteiger partial charge in [0.25, 0.3) is 0 Å². The first-order valence-electron chi connectivity index (χ1n) is 10.2. The molecule has 0 aliphatic carbocycles. The van der Waals surface area contributed by atoms with Gasteiger partial charge in [0.15, 0.2) is 5.65 Å². The largest absolute Gasteiger partial charge is 0.370 e. The van der Waals surface area contributed by atoms with Gasteiger partial charge in [0, 0.05) is 46.2 Å². The summed E-state index contributed by atoms with van der Waals surface area (Å²) in [4.78, 5) is 24.6. The number of anilines is 1. The van der Waals surface area contributed by atoms with E-state index in [4.69, 9.17) is 26.3 Å². The Kier molecular flexibility index (Phi) is 5.40. The van der Waals surface area contributed by atoms with Gasteiger partial charge < -0.3 is 9.64 Å². The Balaban J connectivity index is 1.58. The Hall–Kier alpha value is -3.23. The van der Waals surface area contributed by atoms with Crippen LogP contribution in [0, 0.1) is 19.7 Å². The smallest absolute Gasteiger partial charge is 0.228 e. The van der Waals surface area contributed by atoms with Crippen LogP contribution in [0.15, 0.2) is 42.7 Å². The molecular weight excluding hydrogens is 431 g/mol. The van der Waals surface area contributed by atoms with Crippen molar-refractivity contribution in [1.82, 2.24) is 24.9 Å². The number of benzene rings is 1. The third kappa shape index (κ3) is 3.99. The molecule has 7 nitrogen and oxygen atoms in total. The molecular formula is C23H20ClFN6O. The second-order valence-electron chi connectivity index (χ2n) is 7.69. The molecule has 0 spiro atoms. The van der Waals surface area contributed by atoms with Crippen LogP contribution in [0.3, 0.4) is 0 Å². The molecule has 32 heavy (non-hydrogen) atoms. The molecule has 1 aromatic carbocycles. The van der Waals surface area contributed by atoms with E-state index in [1.807, 2.05) is 30.9 Å². The predicted octanol–water partition coefficient (Wildman–Crippen LogP) is 4.47. The lowest BCUT2D eigenvalue weighted by Crippen LogP contribution is -2.39. The normalized spacial score (nSPS) is 16.5. The van der Waals surface area contributed by atoms with Crippen LogP contribution in [-0.2, 0) is 4.74 Å². The summed E-state index contributed by atoms with van der Waals surface area (Å²) in [7, 11) is 0. The van der Waals surface area contributed by atoms with Crippen molar-refractivity contribution in [3.8, 4) is 11.3 Å².